The van der Waals surface area contributed by atoms with Crippen molar-refractivity contribution in [2.24, 2.45) is 4.99 Å². The summed E-state index contributed by atoms with van der Waals surface area (Å²) in [5.41, 5.74) is 0. The molecule has 0 spiro atoms. The Bertz CT molecular complexity index is 171. The lowest BCUT2D eigenvalue weighted by atomic mass is 10.2. The molecule has 1 aliphatic heterocycles. The normalized spacial score (nSPS) is 18.6. The molecule has 0 saturated carbocycles. The molecule has 3 heteroatoms. The maximum Gasteiger partial charge on any atom is 0.180 e. The monoisotopic (exact) mass is 113 g/mol. The van der Waals surface area contributed by atoms with E-state index in [-0.39, 0.29) is 12.2 Å². The van der Waals surface area contributed by atoms with Crippen LogP contribution < -0.4 is 0 Å². The standard InChI is InChI=1S/C5H4FNO/c6-4-1-5(8)3-7-2-4/h2-3H,1H2. The summed E-state index contributed by atoms with van der Waals surface area (Å²) in [7, 11) is 0. The molecule has 0 aromatic carbocycles. The van der Waals surface area contributed by atoms with Gasteiger partial charge in [-0.05, 0) is 0 Å². The molecule has 0 aromatic rings. The van der Waals surface area contributed by atoms with Crippen LogP contribution in [-0.2, 0) is 4.79 Å². The third-order valence-corrected chi connectivity index (χ3v) is 0.776. The van der Waals surface area contributed by atoms with Crippen molar-refractivity contribution >= 4 is 12.0 Å². The van der Waals surface area contributed by atoms with E-state index in [2.05, 4.69) is 4.99 Å². The highest BCUT2D eigenvalue weighted by atomic mass is 19.1. The highest BCUT2D eigenvalue weighted by Crippen LogP contribution is 2.05. The molecule has 0 atom stereocenters. The Morgan fingerprint density at radius 2 is 2.50 bits per heavy atom. The van der Waals surface area contributed by atoms with E-state index in [0.717, 1.165) is 12.4 Å². The Kier molecular flexibility index (Phi) is 1.20. The fourth-order valence-electron chi connectivity index (χ4n) is 0.459. The second-order valence-electron chi connectivity index (χ2n) is 1.50. The van der Waals surface area contributed by atoms with Crippen molar-refractivity contribution in [2.45, 2.75) is 6.42 Å². The fourth-order valence-corrected chi connectivity index (χ4v) is 0.459. The van der Waals surface area contributed by atoms with Gasteiger partial charge in [0.05, 0.1) is 18.8 Å². The SMILES string of the molecule is O=C1C=NC=C(F)C1. The highest BCUT2D eigenvalue weighted by Gasteiger charge is 2.05. The quantitative estimate of drug-likeness (QED) is 0.457. The van der Waals surface area contributed by atoms with Crippen molar-refractivity contribution in [1.82, 2.24) is 0 Å². The number of halogens is 1. The van der Waals surface area contributed by atoms with Crippen LogP contribution in [0.2, 0.25) is 0 Å². The number of ketones is 1. The van der Waals surface area contributed by atoms with Crippen molar-refractivity contribution < 1.29 is 9.18 Å². The van der Waals surface area contributed by atoms with Gasteiger partial charge < -0.3 is 0 Å². The highest BCUT2D eigenvalue weighted by molar-refractivity contribution is 6.28. The summed E-state index contributed by atoms with van der Waals surface area (Å²) in [4.78, 5) is 13.6. The van der Waals surface area contributed by atoms with E-state index in [1.165, 1.54) is 0 Å². The molecule has 0 N–H and O–H groups in total. The Morgan fingerprint density at radius 1 is 1.75 bits per heavy atom. The molecule has 1 aliphatic rings. The van der Waals surface area contributed by atoms with Gasteiger partial charge in [-0.3, -0.25) is 9.79 Å². The number of carbonyl (C=O) groups is 1. The van der Waals surface area contributed by atoms with Gasteiger partial charge in [-0.1, -0.05) is 0 Å². The molecule has 0 saturated heterocycles. The van der Waals surface area contributed by atoms with Gasteiger partial charge in [-0.2, -0.15) is 0 Å². The largest absolute Gasteiger partial charge is 0.293 e. The number of aliphatic imine (C=N–C) groups is 1. The first-order valence-corrected chi connectivity index (χ1v) is 2.19. The van der Waals surface area contributed by atoms with Gasteiger partial charge in [0.15, 0.2) is 5.78 Å². The van der Waals surface area contributed by atoms with E-state index in [4.69, 9.17) is 0 Å². The van der Waals surface area contributed by atoms with Gasteiger partial charge in [0, 0.05) is 0 Å². The summed E-state index contributed by atoms with van der Waals surface area (Å²) in [6, 6.07) is 0. The summed E-state index contributed by atoms with van der Waals surface area (Å²) in [6.45, 7) is 0. The average Bonchev–Trinajstić information content (AvgIpc) is 1.64. The van der Waals surface area contributed by atoms with Crippen molar-refractivity contribution in [3.05, 3.63) is 12.0 Å². The maximum atomic E-state index is 12.0. The molecule has 0 bridgehead atoms. The Balaban J connectivity index is 2.73. The van der Waals surface area contributed by atoms with E-state index in [1.54, 1.807) is 0 Å². The molecule has 0 aliphatic carbocycles. The molecule has 8 heavy (non-hydrogen) atoms. The Labute approximate surface area is 45.7 Å². The molecule has 0 aromatic heterocycles. The van der Waals surface area contributed by atoms with Crippen LogP contribution in [0.25, 0.3) is 0 Å². The summed E-state index contributed by atoms with van der Waals surface area (Å²) in [5, 5.41) is 0. The molecule has 0 radical (unpaired) electrons. The van der Waals surface area contributed by atoms with Gasteiger partial charge >= 0.3 is 0 Å². The molecular weight excluding hydrogens is 109 g/mol. The topological polar surface area (TPSA) is 29.4 Å². The molecular formula is C5H4FNO. The van der Waals surface area contributed by atoms with Crippen LogP contribution in [0.15, 0.2) is 17.0 Å². The number of allylic oxidation sites excluding steroid dienone is 1. The van der Waals surface area contributed by atoms with E-state index in [0.29, 0.717) is 0 Å². The summed E-state index contributed by atoms with van der Waals surface area (Å²) in [5.74, 6) is -0.734. The predicted molar refractivity (Wildman–Crippen MR) is 27.3 cm³/mol. The molecule has 0 fully saturated rings. The zero-order chi connectivity index (χ0) is 5.98. The lowest BCUT2D eigenvalue weighted by Crippen LogP contribution is -2.01. The average molecular weight is 113 g/mol. The third kappa shape index (κ3) is 0.992. The Hall–Kier alpha value is -0.990. The molecule has 1 heterocycles. The Morgan fingerprint density at radius 3 is 2.88 bits per heavy atom. The number of hydrogen-bond donors (Lipinski definition) is 0. The first kappa shape index (κ1) is 5.15. The van der Waals surface area contributed by atoms with Crippen LogP contribution in [0.3, 0.4) is 0 Å². The van der Waals surface area contributed by atoms with Crippen LogP contribution in [0, 0.1) is 0 Å². The lowest BCUT2D eigenvalue weighted by Gasteiger charge is -1.93. The smallest absolute Gasteiger partial charge is 0.180 e. The zero-order valence-corrected chi connectivity index (χ0v) is 4.10. The van der Waals surface area contributed by atoms with Crippen LogP contribution in [0.5, 0.6) is 0 Å². The molecule has 0 amide bonds. The van der Waals surface area contributed by atoms with Gasteiger partial charge in [0.2, 0.25) is 0 Å². The summed E-state index contributed by atoms with van der Waals surface area (Å²) < 4.78 is 12.0. The zero-order valence-electron chi connectivity index (χ0n) is 4.10. The molecule has 2 nitrogen and oxygen atoms in total. The summed E-state index contributed by atoms with van der Waals surface area (Å²) >= 11 is 0. The van der Waals surface area contributed by atoms with Gasteiger partial charge in [0.1, 0.15) is 5.83 Å². The summed E-state index contributed by atoms with van der Waals surface area (Å²) in [6.07, 6.45) is 2.04. The van der Waals surface area contributed by atoms with Gasteiger partial charge in [-0.25, -0.2) is 4.39 Å². The minimum Gasteiger partial charge on any atom is -0.293 e. The number of carbonyl (C=O) groups excluding carboxylic acids is 1. The van der Waals surface area contributed by atoms with Crippen molar-refractivity contribution in [3.8, 4) is 0 Å². The predicted octanol–water partition coefficient (Wildman–Crippen LogP) is 0.841. The number of rotatable bonds is 0. The lowest BCUT2D eigenvalue weighted by molar-refractivity contribution is -0.112. The van der Waals surface area contributed by atoms with Crippen LogP contribution in [-0.4, -0.2) is 12.0 Å². The van der Waals surface area contributed by atoms with Crippen LogP contribution in [0.4, 0.5) is 4.39 Å². The third-order valence-electron chi connectivity index (χ3n) is 0.776. The van der Waals surface area contributed by atoms with Crippen LogP contribution in [0.1, 0.15) is 6.42 Å². The fraction of sp³-hybridized carbons (Fsp3) is 0.200. The molecule has 1 rings (SSSR count). The number of hydrogen-bond acceptors (Lipinski definition) is 2. The number of nitrogens with zero attached hydrogens (tertiary/aromatic N) is 1. The van der Waals surface area contributed by atoms with Crippen molar-refractivity contribution in [3.63, 3.8) is 0 Å². The van der Waals surface area contributed by atoms with Crippen molar-refractivity contribution in [1.29, 1.82) is 0 Å². The van der Waals surface area contributed by atoms with E-state index in [1.807, 2.05) is 0 Å². The first-order valence-electron chi connectivity index (χ1n) is 2.19. The number of Topliss-reactive ketones (excluding diaryl/α,β-unsaturated/α-hetero) is 1. The van der Waals surface area contributed by atoms with Crippen LogP contribution >= 0.6 is 0 Å². The first-order chi connectivity index (χ1) is 3.79. The minimum absolute atomic E-state index is 0.122. The maximum absolute atomic E-state index is 12.0. The van der Waals surface area contributed by atoms with E-state index < -0.39 is 5.83 Å². The van der Waals surface area contributed by atoms with E-state index >= 15 is 0 Å². The minimum atomic E-state index is -0.461. The molecule has 0 unspecified atom stereocenters. The van der Waals surface area contributed by atoms with Gasteiger partial charge in [0.25, 0.3) is 0 Å². The van der Waals surface area contributed by atoms with Gasteiger partial charge in [-0.15, -0.1) is 0 Å². The second kappa shape index (κ2) is 1.86. The van der Waals surface area contributed by atoms with Crippen molar-refractivity contribution in [2.75, 3.05) is 0 Å². The molecule has 42 valence electrons. The second-order valence-corrected chi connectivity index (χ2v) is 1.50. The van der Waals surface area contributed by atoms with E-state index in [9.17, 15) is 9.18 Å².